The summed E-state index contributed by atoms with van der Waals surface area (Å²) in [6.45, 7) is 5.93. The number of nitrogens with zero attached hydrogens (tertiary/aromatic N) is 4. The first-order chi connectivity index (χ1) is 15.4. The molecule has 2 saturated heterocycles. The highest BCUT2D eigenvalue weighted by Gasteiger charge is 2.26. The van der Waals surface area contributed by atoms with E-state index in [1.807, 2.05) is 17.7 Å². The molecule has 1 aromatic heterocycles. The van der Waals surface area contributed by atoms with E-state index in [1.54, 1.807) is 16.4 Å². The Bertz CT molecular complexity index is 1040. The number of amides is 1. The summed E-state index contributed by atoms with van der Waals surface area (Å²) in [5.74, 6) is 0.773. The van der Waals surface area contributed by atoms with Gasteiger partial charge in [0.25, 0.3) is 0 Å². The van der Waals surface area contributed by atoms with Crippen molar-refractivity contribution < 1.29 is 17.9 Å². The van der Waals surface area contributed by atoms with E-state index >= 15 is 0 Å². The van der Waals surface area contributed by atoms with E-state index in [4.69, 9.17) is 4.74 Å². The molecule has 32 heavy (non-hydrogen) atoms. The third-order valence-electron chi connectivity index (χ3n) is 6.33. The molecule has 0 radical (unpaired) electrons. The summed E-state index contributed by atoms with van der Waals surface area (Å²) >= 11 is 0. The SMILES string of the molecule is Cn1c(CCC(=O)NCCN2CCOCC2)nc2cc(S(=O)(=O)N3CCCCC3)ccc21. The first-order valence-electron chi connectivity index (χ1n) is 11.5. The van der Waals surface area contributed by atoms with Gasteiger partial charge >= 0.3 is 0 Å². The van der Waals surface area contributed by atoms with Gasteiger partial charge in [0.05, 0.1) is 29.1 Å². The van der Waals surface area contributed by atoms with E-state index in [2.05, 4.69) is 15.2 Å². The van der Waals surface area contributed by atoms with Crippen LogP contribution in [0.25, 0.3) is 11.0 Å². The number of aromatic nitrogens is 2. The molecule has 2 aliphatic rings. The lowest BCUT2D eigenvalue weighted by Crippen LogP contribution is -2.41. The summed E-state index contributed by atoms with van der Waals surface area (Å²) in [7, 11) is -1.59. The Hall–Kier alpha value is -2.01. The molecule has 2 fully saturated rings. The van der Waals surface area contributed by atoms with Crippen LogP contribution in [0.5, 0.6) is 0 Å². The van der Waals surface area contributed by atoms with E-state index in [-0.39, 0.29) is 10.8 Å². The minimum atomic E-state index is -3.49. The fourth-order valence-corrected chi connectivity index (χ4v) is 5.90. The van der Waals surface area contributed by atoms with Crippen molar-refractivity contribution in [2.75, 3.05) is 52.5 Å². The van der Waals surface area contributed by atoms with Crippen LogP contribution in [0.2, 0.25) is 0 Å². The number of nitrogens with one attached hydrogen (secondary N) is 1. The minimum Gasteiger partial charge on any atom is -0.379 e. The molecule has 2 aromatic rings. The third-order valence-corrected chi connectivity index (χ3v) is 8.22. The molecule has 3 heterocycles. The van der Waals surface area contributed by atoms with Gasteiger partial charge in [0.2, 0.25) is 15.9 Å². The maximum Gasteiger partial charge on any atom is 0.243 e. The molecular formula is C22H33N5O4S. The molecule has 4 rings (SSSR count). The van der Waals surface area contributed by atoms with Crippen molar-refractivity contribution in [1.29, 1.82) is 0 Å². The van der Waals surface area contributed by atoms with Gasteiger partial charge in [0.15, 0.2) is 0 Å². The first kappa shape index (κ1) is 23.2. The molecule has 9 nitrogen and oxygen atoms in total. The number of carbonyl (C=O) groups excluding carboxylic acids is 1. The number of ether oxygens (including phenoxy) is 1. The van der Waals surface area contributed by atoms with E-state index in [9.17, 15) is 13.2 Å². The van der Waals surface area contributed by atoms with Gasteiger partial charge in [-0.2, -0.15) is 4.31 Å². The van der Waals surface area contributed by atoms with Gasteiger partial charge in [-0.25, -0.2) is 13.4 Å². The zero-order valence-corrected chi connectivity index (χ0v) is 19.6. The molecule has 0 aliphatic carbocycles. The molecule has 0 bridgehead atoms. The molecule has 1 amide bonds. The average Bonchev–Trinajstić information content (AvgIpc) is 3.14. The van der Waals surface area contributed by atoms with Gasteiger partial charge in [-0.1, -0.05) is 6.42 Å². The largest absolute Gasteiger partial charge is 0.379 e. The molecular weight excluding hydrogens is 430 g/mol. The Labute approximate surface area is 189 Å². The maximum atomic E-state index is 13.0. The highest BCUT2D eigenvalue weighted by Crippen LogP contribution is 2.24. The Morgan fingerprint density at radius 3 is 2.62 bits per heavy atom. The third kappa shape index (κ3) is 5.31. The van der Waals surface area contributed by atoms with Crippen molar-refractivity contribution in [3.63, 3.8) is 0 Å². The van der Waals surface area contributed by atoms with Gasteiger partial charge < -0.3 is 14.6 Å². The molecule has 1 aromatic carbocycles. The zero-order chi connectivity index (χ0) is 22.6. The van der Waals surface area contributed by atoms with Crippen molar-refractivity contribution >= 4 is 27.0 Å². The molecule has 0 saturated carbocycles. The summed E-state index contributed by atoms with van der Waals surface area (Å²) < 4.78 is 34.8. The van der Waals surface area contributed by atoms with Crippen LogP contribution in [-0.2, 0) is 33.0 Å². The number of piperidine rings is 1. The number of fused-ring (bicyclic) bond motifs is 1. The maximum absolute atomic E-state index is 13.0. The van der Waals surface area contributed by atoms with Gasteiger partial charge in [-0.3, -0.25) is 9.69 Å². The van der Waals surface area contributed by atoms with Crippen LogP contribution >= 0.6 is 0 Å². The fourth-order valence-electron chi connectivity index (χ4n) is 4.36. The van der Waals surface area contributed by atoms with Crippen LogP contribution in [0.1, 0.15) is 31.5 Å². The Morgan fingerprint density at radius 2 is 1.88 bits per heavy atom. The predicted octanol–water partition coefficient (Wildman–Crippen LogP) is 1.13. The quantitative estimate of drug-likeness (QED) is 0.630. The Morgan fingerprint density at radius 1 is 1.12 bits per heavy atom. The molecule has 0 atom stereocenters. The van der Waals surface area contributed by atoms with Crippen LogP contribution in [0.4, 0.5) is 0 Å². The summed E-state index contributed by atoms with van der Waals surface area (Å²) in [6.07, 6.45) is 3.74. The number of carbonyl (C=O) groups is 1. The van der Waals surface area contributed by atoms with Crippen molar-refractivity contribution in [2.45, 2.75) is 37.0 Å². The van der Waals surface area contributed by atoms with Gasteiger partial charge in [0, 0.05) is 59.2 Å². The molecule has 2 aliphatic heterocycles. The molecule has 1 N–H and O–H groups in total. The average molecular weight is 464 g/mol. The molecule has 0 unspecified atom stereocenters. The molecule has 10 heteroatoms. The second kappa shape index (κ2) is 10.3. The van der Waals surface area contributed by atoms with E-state index in [0.717, 1.165) is 63.5 Å². The van der Waals surface area contributed by atoms with Crippen LogP contribution in [0.15, 0.2) is 23.1 Å². The lowest BCUT2D eigenvalue weighted by molar-refractivity contribution is -0.121. The molecule has 176 valence electrons. The Balaban J connectivity index is 1.36. The summed E-state index contributed by atoms with van der Waals surface area (Å²) in [5.41, 5.74) is 1.51. The van der Waals surface area contributed by atoms with E-state index in [1.165, 1.54) is 0 Å². The van der Waals surface area contributed by atoms with E-state index < -0.39 is 10.0 Å². The van der Waals surface area contributed by atoms with Crippen molar-refractivity contribution in [3.05, 3.63) is 24.0 Å². The summed E-state index contributed by atoms with van der Waals surface area (Å²) in [4.78, 5) is 19.5. The normalized spacial score (nSPS) is 18.8. The van der Waals surface area contributed by atoms with Crippen LogP contribution in [0.3, 0.4) is 0 Å². The second-order valence-corrected chi connectivity index (χ2v) is 10.4. The van der Waals surface area contributed by atoms with Crippen LogP contribution < -0.4 is 5.32 Å². The zero-order valence-electron chi connectivity index (χ0n) is 18.8. The van der Waals surface area contributed by atoms with Gasteiger partial charge in [0.1, 0.15) is 5.82 Å². The number of aryl methyl sites for hydroxylation is 2. The van der Waals surface area contributed by atoms with Crippen LogP contribution in [-0.4, -0.2) is 85.6 Å². The lowest BCUT2D eigenvalue weighted by Gasteiger charge is -2.26. The predicted molar refractivity (Wildman–Crippen MR) is 122 cm³/mol. The van der Waals surface area contributed by atoms with Crippen molar-refractivity contribution in [3.8, 4) is 0 Å². The first-order valence-corrected chi connectivity index (χ1v) is 12.9. The number of rotatable bonds is 8. The lowest BCUT2D eigenvalue weighted by atomic mass is 10.2. The summed E-state index contributed by atoms with van der Waals surface area (Å²) in [5, 5.41) is 2.98. The Kier molecular flexibility index (Phi) is 7.44. The van der Waals surface area contributed by atoms with E-state index in [0.29, 0.717) is 38.0 Å². The highest BCUT2D eigenvalue weighted by molar-refractivity contribution is 7.89. The van der Waals surface area contributed by atoms with Gasteiger partial charge in [-0.15, -0.1) is 0 Å². The molecule has 0 spiro atoms. The summed E-state index contributed by atoms with van der Waals surface area (Å²) in [6, 6.07) is 5.13. The monoisotopic (exact) mass is 463 g/mol. The van der Waals surface area contributed by atoms with Crippen molar-refractivity contribution in [1.82, 2.24) is 24.1 Å². The number of hydrogen-bond acceptors (Lipinski definition) is 6. The number of benzene rings is 1. The van der Waals surface area contributed by atoms with Crippen molar-refractivity contribution in [2.24, 2.45) is 7.05 Å². The fraction of sp³-hybridized carbons (Fsp3) is 0.636. The number of hydrogen-bond donors (Lipinski definition) is 1. The minimum absolute atomic E-state index is 0.00122. The number of imidazole rings is 1. The number of morpholine rings is 1. The standard InChI is InChI=1S/C22H33N5O4S/c1-25-20-6-5-18(32(29,30)27-10-3-2-4-11-27)17-19(20)24-21(25)7-8-22(28)23-9-12-26-13-15-31-16-14-26/h5-6,17H,2-4,7-16H2,1H3,(H,23,28). The van der Waals surface area contributed by atoms with Crippen LogP contribution in [0, 0.1) is 0 Å². The van der Waals surface area contributed by atoms with Gasteiger partial charge in [-0.05, 0) is 31.0 Å². The number of sulfonamides is 1. The second-order valence-electron chi connectivity index (χ2n) is 8.51. The smallest absolute Gasteiger partial charge is 0.243 e. The topological polar surface area (TPSA) is 96.8 Å². The highest BCUT2D eigenvalue weighted by atomic mass is 32.2.